The first-order valence-electron chi connectivity index (χ1n) is 8.52. The van der Waals surface area contributed by atoms with Gasteiger partial charge in [-0.15, -0.1) is 0 Å². The van der Waals surface area contributed by atoms with Gasteiger partial charge in [-0.2, -0.15) is 0 Å². The van der Waals surface area contributed by atoms with Gasteiger partial charge >= 0.3 is 0 Å². The van der Waals surface area contributed by atoms with Gasteiger partial charge in [0.05, 0.1) is 0 Å². The van der Waals surface area contributed by atoms with E-state index in [-0.39, 0.29) is 5.54 Å². The fourth-order valence-electron chi connectivity index (χ4n) is 2.58. The normalized spacial score (nSPS) is 12.7. The lowest BCUT2D eigenvalue weighted by Gasteiger charge is -2.30. The maximum absolute atomic E-state index is 3.64. The fourth-order valence-corrected chi connectivity index (χ4v) is 2.58. The topological polar surface area (TPSA) is 12.0 Å². The molecule has 0 saturated carbocycles. The summed E-state index contributed by atoms with van der Waals surface area (Å²) in [6.07, 6.45) is 4.69. The van der Waals surface area contributed by atoms with Crippen LogP contribution in [0.4, 0.5) is 0 Å². The van der Waals surface area contributed by atoms with Gasteiger partial charge in [0.25, 0.3) is 0 Å². The summed E-state index contributed by atoms with van der Waals surface area (Å²) in [6, 6.07) is 7.08. The van der Waals surface area contributed by atoms with E-state index in [0.717, 1.165) is 19.4 Å². The highest BCUT2D eigenvalue weighted by atomic mass is 14.9. The average molecular weight is 290 g/mol. The van der Waals surface area contributed by atoms with E-state index in [9.17, 15) is 0 Å². The Morgan fingerprint density at radius 3 is 2.05 bits per heavy atom. The van der Waals surface area contributed by atoms with Gasteiger partial charge in [0.1, 0.15) is 0 Å². The van der Waals surface area contributed by atoms with Crippen molar-refractivity contribution in [3.8, 4) is 0 Å². The molecule has 0 unspecified atom stereocenters. The standard InChI is InChI=1S/C20H35N/c1-8-17-11-10-16(14-18(17)9-2)12-13-20(6,7)15-21-19(3,4)5/h10-11,14,21H,8-9,12-13,15H2,1-7H3. The van der Waals surface area contributed by atoms with Crippen LogP contribution in [0.2, 0.25) is 0 Å². The third kappa shape index (κ3) is 6.65. The van der Waals surface area contributed by atoms with Crippen LogP contribution in [0.3, 0.4) is 0 Å². The maximum Gasteiger partial charge on any atom is 0.00967 e. The smallest absolute Gasteiger partial charge is 0.00967 e. The molecule has 0 fully saturated rings. The van der Waals surface area contributed by atoms with E-state index in [0.29, 0.717) is 5.41 Å². The Balaban J connectivity index is 2.61. The molecule has 0 aliphatic heterocycles. The lowest BCUT2D eigenvalue weighted by molar-refractivity contribution is 0.273. The predicted octanol–water partition coefficient (Wildman–Crippen LogP) is 5.16. The van der Waals surface area contributed by atoms with Crippen molar-refractivity contribution in [2.45, 2.75) is 79.7 Å². The van der Waals surface area contributed by atoms with Crippen molar-refractivity contribution in [2.24, 2.45) is 5.41 Å². The number of benzene rings is 1. The first-order chi connectivity index (χ1) is 9.67. The zero-order valence-corrected chi connectivity index (χ0v) is 15.3. The maximum atomic E-state index is 3.64. The van der Waals surface area contributed by atoms with Crippen molar-refractivity contribution in [1.29, 1.82) is 0 Å². The second-order valence-corrected chi connectivity index (χ2v) is 8.08. The minimum Gasteiger partial charge on any atom is -0.312 e. The minimum atomic E-state index is 0.204. The fraction of sp³-hybridized carbons (Fsp3) is 0.700. The van der Waals surface area contributed by atoms with Gasteiger partial charge in [0.2, 0.25) is 0 Å². The van der Waals surface area contributed by atoms with E-state index in [1.165, 1.54) is 29.5 Å². The number of nitrogens with one attached hydrogen (secondary N) is 1. The quantitative estimate of drug-likeness (QED) is 0.731. The Morgan fingerprint density at radius 1 is 0.905 bits per heavy atom. The molecule has 0 spiro atoms. The summed E-state index contributed by atoms with van der Waals surface area (Å²) >= 11 is 0. The molecule has 0 heterocycles. The van der Waals surface area contributed by atoms with Gasteiger partial charge < -0.3 is 5.32 Å². The van der Waals surface area contributed by atoms with Gasteiger partial charge in [-0.05, 0) is 68.6 Å². The van der Waals surface area contributed by atoms with Crippen LogP contribution < -0.4 is 5.32 Å². The third-order valence-electron chi connectivity index (χ3n) is 4.22. The second kappa shape index (κ2) is 7.45. The summed E-state index contributed by atoms with van der Waals surface area (Å²) in [5, 5.41) is 3.64. The lowest BCUT2D eigenvalue weighted by atomic mass is 9.85. The summed E-state index contributed by atoms with van der Waals surface area (Å²) in [5.74, 6) is 0. The Hall–Kier alpha value is -0.820. The van der Waals surface area contributed by atoms with Crippen LogP contribution in [0.15, 0.2) is 18.2 Å². The molecule has 120 valence electrons. The molecule has 0 bridgehead atoms. The minimum absolute atomic E-state index is 0.204. The Morgan fingerprint density at radius 2 is 1.52 bits per heavy atom. The molecule has 0 aromatic heterocycles. The summed E-state index contributed by atoms with van der Waals surface area (Å²) in [4.78, 5) is 0. The molecule has 1 N–H and O–H groups in total. The second-order valence-electron chi connectivity index (χ2n) is 8.08. The van der Waals surface area contributed by atoms with Crippen LogP contribution in [0, 0.1) is 5.41 Å². The van der Waals surface area contributed by atoms with Crippen molar-refractivity contribution < 1.29 is 0 Å². The van der Waals surface area contributed by atoms with Crippen molar-refractivity contribution in [1.82, 2.24) is 5.32 Å². The van der Waals surface area contributed by atoms with Gasteiger partial charge in [-0.3, -0.25) is 0 Å². The van der Waals surface area contributed by atoms with E-state index in [1.54, 1.807) is 0 Å². The molecule has 0 atom stereocenters. The number of hydrogen-bond donors (Lipinski definition) is 1. The first-order valence-corrected chi connectivity index (χ1v) is 8.52. The molecule has 1 aromatic carbocycles. The zero-order valence-electron chi connectivity index (χ0n) is 15.3. The van der Waals surface area contributed by atoms with Crippen molar-refractivity contribution in [2.75, 3.05) is 6.54 Å². The van der Waals surface area contributed by atoms with Crippen molar-refractivity contribution in [3.05, 3.63) is 34.9 Å². The van der Waals surface area contributed by atoms with Crippen LogP contribution in [0.5, 0.6) is 0 Å². The Bertz CT molecular complexity index is 438. The molecule has 1 aromatic rings. The van der Waals surface area contributed by atoms with Gasteiger partial charge in [-0.1, -0.05) is 45.9 Å². The molecule has 0 saturated heterocycles. The van der Waals surface area contributed by atoms with Gasteiger partial charge in [0, 0.05) is 12.1 Å². The highest BCUT2D eigenvalue weighted by Gasteiger charge is 2.20. The van der Waals surface area contributed by atoms with Crippen LogP contribution in [-0.4, -0.2) is 12.1 Å². The molecule has 1 heteroatoms. The first kappa shape index (κ1) is 18.2. The highest BCUT2D eigenvalue weighted by Crippen LogP contribution is 2.24. The Labute approximate surface area is 132 Å². The molecule has 0 amide bonds. The summed E-state index contributed by atoms with van der Waals surface area (Å²) in [7, 11) is 0. The van der Waals surface area contributed by atoms with Gasteiger partial charge in [-0.25, -0.2) is 0 Å². The highest BCUT2D eigenvalue weighted by molar-refractivity contribution is 5.32. The monoisotopic (exact) mass is 289 g/mol. The number of hydrogen-bond acceptors (Lipinski definition) is 1. The predicted molar refractivity (Wildman–Crippen MR) is 95.1 cm³/mol. The Kier molecular flexibility index (Phi) is 6.46. The van der Waals surface area contributed by atoms with E-state index in [2.05, 4.69) is 72.0 Å². The number of rotatable bonds is 7. The van der Waals surface area contributed by atoms with Gasteiger partial charge in [0.15, 0.2) is 0 Å². The molecule has 21 heavy (non-hydrogen) atoms. The molecule has 0 radical (unpaired) electrons. The van der Waals surface area contributed by atoms with E-state index in [4.69, 9.17) is 0 Å². The summed E-state index contributed by atoms with van der Waals surface area (Å²) < 4.78 is 0. The zero-order chi connectivity index (χ0) is 16.1. The molecular formula is C20H35N. The molecule has 0 aliphatic carbocycles. The van der Waals surface area contributed by atoms with Crippen molar-refractivity contribution in [3.63, 3.8) is 0 Å². The van der Waals surface area contributed by atoms with Crippen LogP contribution in [-0.2, 0) is 19.3 Å². The molecule has 1 rings (SSSR count). The van der Waals surface area contributed by atoms with E-state index >= 15 is 0 Å². The largest absolute Gasteiger partial charge is 0.312 e. The van der Waals surface area contributed by atoms with Crippen molar-refractivity contribution >= 4 is 0 Å². The lowest BCUT2D eigenvalue weighted by Crippen LogP contribution is -2.42. The van der Waals surface area contributed by atoms with E-state index < -0.39 is 0 Å². The molecule has 1 nitrogen and oxygen atoms in total. The SMILES string of the molecule is CCc1ccc(CCC(C)(C)CNC(C)(C)C)cc1CC. The molecule has 0 aliphatic rings. The van der Waals surface area contributed by atoms with Crippen LogP contribution >= 0.6 is 0 Å². The van der Waals surface area contributed by atoms with Crippen LogP contribution in [0.1, 0.15) is 71.6 Å². The third-order valence-corrected chi connectivity index (χ3v) is 4.22. The molecular weight excluding hydrogens is 254 g/mol. The van der Waals surface area contributed by atoms with E-state index in [1.807, 2.05) is 0 Å². The summed E-state index contributed by atoms with van der Waals surface area (Å²) in [6.45, 7) is 17.0. The number of aryl methyl sites for hydroxylation is 3. The average Bonchev–Trinajstić information content (AvgIpc) is 2.42. The summed E-state index contributed by atoms with van der Waals surface area (Å²) in [5.41, 5.74) is 5.07. The van der Waals surface area contributed by atoms with Crippen LogP contribution in [0.25, 0.3) is 0 Å².